The Hall–Kier alpha value is -4.20. The molecule has 1 N–H and O–H groups in total. The number of pyridine rings is 1. The second-order valence-electron chi connectivity index (χ2n) is 6.06. The number of amides is 1. The lowest BCUT2D eigenvalue weighted by atomic mass is 10.1. The van der Waals surface area contributed by atoms with Gasteiger partial charge < -0.3 is 19.7 Å². The van der Waals surface area contributed by atoms with E-state index in [0.29, 0.717) is 16.9 Å². The van der Waals surface area contributed by atoms with Gasteiger partial charge in [0.1, 0.15) is 5.70 Å². The fourth-order valence-electron chi connectivity index (χ4n) is 2.77. The first-order valence-electron chi connectivity index (χ1n) is 8.91. The van der Waals surface area contributed by atoms with Crippen LogP contribution in [0.25, 0.3) is 0 Å². The van der Waals surface area contributed by atoms with Gasteiger partial charge in [-0.1, -0.05) is 6.08 Å². The van der Waals surface area contributed by atoms with Crippen LogP contribution in [0.4, 0.5) is 11.4 Å². The van der Waals surface area contributed by atoms with Crippen molar-refractivity contribution < 1.29 is 23.9 Å². The third-order valence-electron chi connectivity index (χ3n) is 4.22. The number of allylic oxidation sites excluding steroid dienone is 2. The fraction of sp³-hybridized carbons (Fsp3) is 0.0909. The van der Waals surface area contributed by atoms with Crippen LogP contribution >= 0.6 is 0 Å². The number of ether oxygens (including phenoxy) is 2. The minimum Gasteiger partial charge on any atom is -0.465 e. The quantitative estimate of drug-likeness (QED) is 0.764. The lowest BCUT2D eigenvalue weighted by molar-refractivity contribution is -0.139. The smallest absolute Gasteiger partial charge is 0.355 e. The summed E-state index contributed by atoms with van der Waals surface area (Å²) in [6.45, 7) is 0. The van der Waals surface area contributed by atoms with Gasteiger partial charge in [-0.2, -0.15) is 0 Å². The van der Waals surface area contributed by atoms with Gasteiger partial charge in [-0.3, -0.25) is 9.78 Å². The van der Waals surface area contributed by atoms with E-state index in [1.165, 1.54) is 31.4 Å². The Morgan fingerprint density at radius 2 is 1.70 bits per heavy atom. The highest BCUT2D eigenvalue weighted by atomic mass is 16.5. The number of nitrogens with zero attached hydrogens (tertiary/aromatic N) is 2. The fourth-order valence-corrected chi connectivity index (χ4v) is 2.77. The third-order valence-corrected chi connectivity index (χ3v) is 4.22. The summed E-state index contributed by atoms with van der Waals surface area (Å²) in [5, 5.41) is 2.78. The van der Waals surface area contributed by atoms with Crippen LogP contribution < -0.4 is 10.2 Å². The van der Waals surface area contributed by atoms with E-state index in [1.807, 2.05) is 0 Å². The largest absolute Gasteiger partial charge is 0.465 e. The second-order valence-corrected chi connectivity index (χ2v) is 6.06. The molecule has 0 spiro atoms. The van der Waals surface area contributed by atoms with Gasteiger partial charge in [0.2, 0.25) is 0 Å². The van der Waals surface area contributed by atoms with Crippen LogP contribution in [0, 0.1) is 0 Å². The summed E-state index contributed by atoms with van der Waals surface area (Å²) in [4.78, 5) is 42.4. The Morgan fingerprint density at radius 3 is 2.33 bits per heavy atom. The van der Waals surface area contributed by atoms with Gasteiger partial charge in [0.15, 0.2) is 0 Å². The van der Waals surface area contributed by atoms with Crippen molar-refractivity contribution in [3.05, 3.63) is 90.1 Å². The summed E-state index contributed by atoms with van der Waals surface area (Å²) in [5.41, 5.74) is 1.64. The molecule has 1 aliphatic heterocycles. The SMILES string of the molecule is COC(=O)C1=C(C(=O)OC)N(c2ccc(NC(=O)c3cccnc3)cc2)C=CC=C1. The summed E-state index contributed by atoms with van der Waals surface area (Å²) in [6, 6.07) is 10.1. The van der Waals surface area contributed by atoms with Crippen molar-refractivity contribution in [2.75, 3.05) is 24.4 Å². The first-order valence-corrected chi connectivity index (χ1v) is 8.91. The summed E-state index contributed by atoms with van der Waals surface area (Å²) in [5.74, 6) is -1.65. The third kappa shape index (κ3) is 4.44. The highest BCUT2D eigenvalue weighted by Gasteiger charge is 2.27. The Kier molecular flexibility index (Phi) is 6.39. The van der Waals surface area contributed by atoms with Crippen LogP contribution in [-0.4, -0.2) is 37.0 Å². The second kappa shape index (κ2) is 9.33. The van der Waals surface area contributed by atoms with Crippen molar-refractivity contribution in [2.45, 2.75) is 0 Å². The number of esters is 2. The molecule has 8 heteroatoms. The molecule has 0 atom stereocenters. The topological polar surface area (TPSA) is 97.8 Å². The van der Waals surface area contributed by atoms with Crippen LogP contribution in [0.5, 0.6) is 0 Å². The number of nitrogens with one attached hydrogen (secondary N) is 1. The molecule has 1 aromatic carbocycles. The number of methoxy groups -OCH3 is 2. The van der Waals surface area contributed by atoms with Crippen LogP contribution in [0.3, 0.4) is 0 Å². The maximum absolute atomic E-state index is 12.4. The molecule has 0 saturated carbocycles. The first-order chi connectivity index (χ1) is 14.5. The summed E-state index contributed by atoms with van der Waals surface area (Å²) in [6.07, 6.45) is 9.47. The van der Waals surface area contributed by atoms with E-state index in [1.54, 1.807) is 60.9 Å². The van der Waals surface area contributed by atoms with Gasteiger partial charge in [-0.05, 0) is 48.6 Å². The van der Waals surface area contributed by atoms with E-state index in [0.717, 1.165) is 0 Å². The zero-order valence-electron chi connectivity index (χ0n) is 16.4. The molecule has 152 valence electrons. The molecule has 1 amide bonds. The van der Waals surface area contributed by atoms with Gasteiger partial charge in [-0.15, -0.1) is 0 Å². The van der Waals surface area contributed by atoms with Crippen LogP contribution in [0.2, 0.25) is 0 Å². The maximum Gasteiger partial charge on any atom is 0.355 e. The number of carbonyl (C=O) groups is 3. The number of carbonyl (C=O) groups excluding carboxylic acids is 3. The maximum atomic E-state index is 12.4. The van der Waals surface area contributed by atoms with E-state index >= 15 is 0 Å². The number of hydrogen-bond donors (Lipinski definition) is 1. The van der Waals surface area contributed by atoms with Gasteiger partial charge in [0.05, 0.1) is 25.4 Å². The van der Waals surface area contributed by atoms with Crippen molar-refractivity contribution in [2.24, 2.45) is 0 Å². The Labute approximate surface area is 173 Å². The number of anilines is 2. The number of hydrogen-bond acceptors (Lipinski definition) is 7. The molecular formula is C22H19N3O5. The molecule has 2 heterocycles. The van der Waals surface area contributed by atoms with Crippen molar-refractivity contribution in [1.82, 2.24) is 4.98 Å². The molecule has 0 saturated heterocycles. The Balaban J connectivity index is 1.91. The molecule has 0 fully saturated rings. The summed E-state index contributed by atoms with van der Waals surface area (Å²) >= 11 is 0. The lowest BCUT2D eigenvalue weighted by Crippen LogP contribution is -2.26. The van der Waals surface area contributed by atoms with Gasteiger partial charge in [0, 0.05) is 30.0 Å². The van der Waals surface area contributed by atoms with Gasteiger partial charge >= 0.3 is 11.9 Å². The molecule has 30 heavy (non-hydrogen) atoms. The molecule has 1 aromatic heterocycles. The zero-order valence-corrected chi connectivity index (χ0v) is 16.4. The molecule has 1 aliphatic rings. The molecule has 2 aromatic rings. The Bertz CT molecular complexity index is 1040. The van der Waals surface area contributed by atoms with Gasteiger partial charge in [-0.25, -0.2) is 9.59 Å². The number of aromatic nitrogens is 1. The van der Waals surface area contributed by atoms with Crippen LogP contribution in [0.15, 0.2) is 84.5 Å². The molecule has 3 rings (SSSR count). The molecule has 0 bridgehead atoms. The van der Waals surface area contributed by atoms with Crippen LogP contribution in [0.1, 0.15) is 10.4 Å². The minimum atomic E-state index is -0.694. The standard InChI is InChI=1S/C22H19N3O5/c1-29-21(27)18-7-3-4-13-25(19(18)22(28)30-2)17-10-8-16(9-11-17)24-20(26)15-6-5-12-23-14-15/h3-14H,1-2H3,(H,24,26). The van der Waals surface area contributed by atoms with Crippen molar-refractivity contribution in [1.29, 1.82) is 0 Å². The Morgan fingerprint density at radius 1 is 0.967 bits per heavy atom. The molecule has 0 aliphatic carbocycles. The highest BCUT2D eigenvalue weighted by Crippen LogP contribution is 2.27. The first kappa shape index (κ1) is 20.5. The summed E-state index contributed by atoms with van der Waals surface area (Å²) < 4.78 is 9.67. The predicted molar refractivity (Wildman–Crippen MR) is 110 cm³/mol. The average Bonchev–Trinajstić information content (AvgIpc) is 3.02. The number of benzene rings is 1. The van der Waals surface area contributed by atoms with Crippen molar-refractivity contribution >= 4 is 29.2 Å². The lowest BCUT2D eigenvalue weighted by Gasteiger charge is -2.23. The molecule has 0 radical (unpaired) electrons. The van der Waals surface area contributed by atoms with Crippen LogP contribution in [-0.2, 0) is 19.1 Å². The van der Waals surface area contributed by atoms with Crippen molar-refractivity contribution in [3.63, 3.8) is 0 Å². The monoisotopic (exact) mass is 405 g/mol. The number of rotatable bonds is 5. The zero-order chi connectivity index (χ0) is 21.5. The summed E-state index contributed by atoms with van der Waals surface area (Å²) in [7, 11) is 2.47. The van der Waals surface area contributed by atoms with E-state index < -0.39 is 11.9 Å². The van der Waals surface area contributed by atoms with E-state index in [-0.39, 0.29) is 17.2 Å². The van der Waals surface area contributed by atoms with E-state index in [4.69, 9.17) is 9.47 Å². The molecule has 8 nitrogen and oxygen atoms in total. The minimum absolute atomic E-state index is 0.0153. The van der Waals surface area contributed by atoms with Crippen molar-refractivity contribution in [3.8, 4) is 0 Å². The normalized spacial score (nSPS) is 12.9. The molecular weight excluding hydrogens is 386 g/mol. The highest BCUT2D eigenvalue weighted by molar-refractivity contribution is 6.06. The average molecular weight is 405 g/mol. The van der Waals surface area contributed by atoms with Gasteiger partial charge in [0.25, 0.3) is 5.91 Å². The molecule has 0 unspecified atom stereocenters. The van der Waals surface area contributed by atoms with E-state index in [2.05, 4.69) is 10.3 Å². The van der Waals surface area contributed by atoms with E-state index in [9.17, 15) is 14.4 Å². The predicted octanol–water partition coefficient (Wildman–Crippen LogP) is 2.82.